The molecule has 3 N–H and O–H groups in total. The molecule has 472 valence electrons. The van der Waals surface area contributed by atoms with Crippen molar-refractivity contribution in [3.05, 3.63) is 94.1 Å². The summed E-state index contributed by atoms with van der Waals surface area (Å²) < 4.78 is 53.0. The van der Waals surface area contributed by atoms with Crippen LogP contribution in [0.15, 0.2) is 83.0 Å². The van der Waals surface area contributed by atoms with Gasteiger partial charge >= 0.3 is 12.2 Å². The predicted molar refractivity (Wildman–Crippen MR) is 338 cm³/mol. The Morgan fingerprint density at radius 2 is 1.05 bits per heavy atom. The van der Waals surface area contributed by atoms with Crippen molar-refractivity contribution in [3.63, 3.8) is 0 Å². The normalized spacial score (nSPS) is 44.1. The maximum Gasteiger partial charge on any atom is 0.410 e. The number of nitrogens with one attached hydrogen (secondary N) is 1. The summed E-state index contributed by atoms with van der Waals surface area (Å²) in [4.78, 5) is 31.1. The summed E-state index contributed by atoms with van der Waals surface area (Å²) in [5.41, 5.74) is 15.5. The van der Waals surface area contributed by atoms with Crippen molar-refractivity contribution in [2.75, 3.05) is 19.3 Å². The number of rotatable bonds is 6. The number of carbonyl (C=O) groups excluding carboxylic acids is 2. The minimum atomic E-state index is -3.18. The van der Waals surface area contributed by atoms with Gasteiger partial charge < -0.3 is 34.5 Å². The minimum Gasteiger partial charge on any atom is -0.445 e. The van der Waals surface area contributed by atoms with Gasteiger partial charge in [0.25, 0.3) is 0 Å². The zero-order valence-corrected chi connectivity index (χ0v) is 54.6. The minimum absolute atomic E-state index is 0.0537. The third-order valence-electron chi connectivity index (χ3n) is 26.8. The topological polar surface area (TPSA) is 150 Å². The van der Waals surface area contributed by atoms with Gasteiger partial charge in [-0.1, -0.05) is 124 Å². The van der Waals surface area contributed by atoms with E-state index >= 15 is 0 Å². The number of carbonyl (C=O) groups is 2. The van der Waals surface area contributed by atoms with Crippen LogP contribution in [0.25, 0.3) is 0 Å². The molecule has 0 radical (unpaired) electrons. The Labute approximate surface area is 516 Å². The highest BCUT2D eigenvalue weighted by molar-refractivity contribution is 7.88. The number of amides is 2. The number of piperidine rings is 2. The second-order valence-corrected chi connectivity index (χ2v) is 33.5. The fourth-order valence-electron chi connectivity index (χ4n) is 22.6. The number of sulfonamides is 1. The molecule has 86 heavy (non-hydrogen) atoms. The van der Waals surface area contributed by atoms with Gasteiger partial charge in [0.05, 0.1) is 41.7 Å². The zero-order chi connectivity index (χ0) is 60.2. The van der Waals surface area contributed by atoms with E-state index in [0.29, 0.717) is 71.5 Å². The van der Waals surface area contributed by atoms with Crippen LogP contribution in [0.5, 0.6) is 0 Å². The second-order valence-electron chi connectivity index (χ2n) is 31.7. The summed E-state index contributed by atoms with van der Waals surface area (Å²) in [5.74, 6) is 7.16. The quantitative estimate of drug-likeness (QED) is 0.270. The number of fused-ring (bicyclic) bond motifs is 12. The van der Waals surface area contributed by atoms with E-state index in [2.05, 4.69) is 60.1 Å². The van der Waals surface area contributed by atoms with E-state index in [0.717, 1.165) is 106 Å². The van der Waals surface area contributed by atoms with Gasteiger partial charge in [-0.05, 0) is 223 Å². The molecule has 4 aliphatic heterocycles. The monoisotopic (exact) mass is 1200 g/mol. The molecule has 2 aromatic carbocycles. The van der Waals surface area contributed by atoms with Gasteiger partial charge in [-0.15, -0.1) is 0 Å². The van der Waals surface area contributed by atoms with Gasteiger partial charge in [-0.25, -0.2) is 22.7 Å². The first-order valence-corrected chi connectivity index (χ1v) is 36.3. The molecule has 14 rings (SSSR count). The first-order chi connectivity index (χ1) is 41.0. The molecule has 0 unspecified atom stereocenters. The van der Waals surface area contributed by atoms with Crippen molar-refractivity contribution < 1.29 is 37.0 Å². The van der Waals surface area contributed by atoms with E-state index in [1.165, 1.54) is 82.5 Å². The average molecular weight is 1200 g/mol. The molecule has 12 aliphatic rings. The van der Waals surface area contributed by atoms with E-state index in [1.807, 2.05) is 70.5 Å². The van der Waals surface area contributed by atoms with E-state index in [1.54, 1.807) is 16.7 Å². The van der Waals surface area contributed by atoms with Gasteiger partial charge in [0.2, 0.25) is 10.0 Å². The van der Waals surface area contributed by atoms with Gasteiger partial charge in [-0.3, -0.25) is 0 Å². The molecule has 8 aliphatic carbocycles. The molecular formula is C73H106N4O8S. The summed E-state index contributed by atoms with van der Waals surface area (Å²) in [6.07, 6.45) is 24.2. The number of likely N-dealkylation sites (tertiary alicyclic amines) is 2. The zero-order valence-electron chi connectivity index (χ0n) is 53.8. The number of hydrogen-bond acceptors (Lipinski definition) is 9. The average Bonchev–Trinajstić information content (AvgIpc) is 1.58. The lowest BCUT2D eigenvalue weighted by molar-refractivity contribution is -0.0803. The van der Waals surface area contributed by atoms with Crippen LogP contribution in [0.4, 0.5) is 9.59 Å². The van der Waals surface area contributed by atoms with Crippen molar-refractivity contribution in [1.82, 2.24) is 14.5 Å². The molecule has 6 saturated carbocycles. The molecule has 0 bridgehead atoms. The van der Waals surface area contributed by atoms with Crippen molar-refractivity contribution >= 4 is 22.2 Å². The number of nitrogens with two attached hydrogens (primary N) is 1. The fourth-order valence-corrected chi connectivity index (χ4v) is 23.4. The third-order valence-corrected chi connectivity index (χ3v) is 27.6. The van der Waals surface area contributed by atoms with E-state index < -0.39 is 10.0 Å². The molecular weight excluding hydrogens is 1090 g/mol. The summed E-state index contributed by atoms with van der Waals surface area (Å²) in [6.45, 7) is 21.3. The van der Waals surface area contributed by atoms with E-state index in [9.17, 15) is 18.0 Å². The SMILES string of the molecule is CC1=C2C[C@H]3[C@@H](CC[C@@H]4C[C@H](N)CC[C@@]43C)[C@@H]2CC[C@@]2(C1)O[C@@H]1C[C@H](C)CN(C(=O)OCc3ccccc3)[C@H]1[C@H]2C.CC1=C2C[C@H]3[C@@H](CC[C@@H]4C[C@H](NS(C)(=O)=O)CC[C@@]43C)[C@@H]2CC[C@@]2(C1)O[C@@H]1C[C@H](C)CN(C(=O)OCc3ccccc3)[C@H]1[C@H]2C. The van der Waals surface area contributed by atoms with Crippen LogP contribution in [0, 0.1) is 81.8 Å². The smallest absolute Gasteiger partial charge is 0.410 e. The largest absolute Gasteiger partial charge is 0.445 e. The maximum atomic E-state index is 13.6. The second kappa shape index (κ2) is 23.5. The van der Waals surface area contributed by atoms with Gasteiger partial charge in [-0.2, -0.15) is 0 Å². The van der Waals surface area contributed by atoms with E-state index in [4.69, 9.17) is 24.7 Å². The molecule has 10 fully saturated rings. The molecule has 13 heteroatoms. The predicted octanol–water partition coefficient (Wildman–Crippen LogP) is 14.6. The van der Waals surface area contributed by atoms with Gasteiger partial charge in [0.1, 0.15) is 13.2 Å². The van der Waals surface area contributed by atoms with Gasteiger partial charge in [0.15, 0.2) is 0 Å². The molecule has 22 atom stereocenters. The molecule has 2 spiro atoms. The van der Waals surface area contributed by atoms with Gasteiger partial charge in [0, 0.05) is 37.0 Å². The Balaban J connectivity index is 0.000000160. The number of benzene rings is 2. The number of allylic oxidation sites excluding steroid dienone is 2. The Kier molecular flexibility index (Phi) is 16.7. The highest BCUT2D eigenvalue weighted by Crippen LogP contribution is 2.67. The lowest BCUT2D eigenvalue weighted by Crippen LogP contribution is -2.54. The summed E-state index contributed by atoms with van der Waals surface area (Å²) in [6, 6.07) is 20.6. The highest BCUT2D eigenvalue weighted by Gasteiger charge is 2.63. The Morgan fingerprint density at radius 1 is 0.605 bits per heavy atom. The van der Waals surface area contributed by atoms with Crippen LogP contribution in [0.1, 0.15) is 195 Å². The molecule has 12 nitrogen and oxygen atoms in total. The Bertz CT molecular complexity index is 3010. The maximum absolute atomic E-state index is 13.6. The number of hydrogen-bond donors (Lipinski definition) is 2. The first-order valence-electron chi connectivity index (χ1n) is 34.5. The summed E-state index contributed by atoms with van der Waals surface area (Å²) in [5, 5.41) is 0. The van der Waals surface area contributed by atoms with Crippen molar-refractivity contribution in [1.29, 1.82) is 0 Å². The van der Waals surface area contributed by atoms with Crippen molar-refractivity contribution in [2.45, 2.75) is 245 Å². The lowest BCUT2D eigenvalue weighted by Gasteiger charge is -2.54. The molecule has 2 amide bonds. The Hall–Kier alpha value is -3.75. The molecule has 4 saturated heterocycles. The van der Waals surface area contributed by atoms with Crippen LogP contribution >= 0.6 is 0 Å². The molecule has 4 heterocycles. The molecule has 0 aromatic heterocycles. The van der Waals surface area contributed by atoms with Crippen molar-refractivity contribution in [3.8, 4) is 0 Å². The summed E-state index contributed by atoms with van der Waals surface area (Å²) >= 11 is 0. The van der Waals surface area contributed by atoms with E-state index in [-0.39, 0.29) is 59.6 Å². The highest BCUT2D eigenvalue weighted by atomic mass is 32.2. The lowest BCUT2D eigenvalue weighted by atomic mass is 9.52. The van der Waals surface area contributed by atoms with Crippen LogP contribution in [-0.4, -0.2) is 97.3 Å². The third kappa shape index (κ3) is 11.1. The first kappa shape index (κ1) is 61.1. The van der Waals surface area contributed by atoms with Crippen LogP contribution in [0.2, 0.25) is 0 Å². The van der Waals surface area contributed by atoms with Crippen molar-refractivity contribution in [2.24, 2.45) is 87.6 Å². The van der Waals surface area contributed by atoms with Crippen LogP contribution in [-0.2, 0) is 42.2 Å². The number of ether oxygens (including phenoxy) is 4. The standard InChI is InChI=1S/C37H54N2O5S.C36H52N2O3/c1-23-17-33-34(39(21-23)35(40)43-22-26-9-7-6-8-10-26)25(3)37(44-33)16-14-29-30-12-11-27-18-28(38-45(5,41)42)13-15-36(27,4)32(30)19-31(29)24(2)20-37;1-22-16-32-33(38(20-22)34(39)40-21-25-8-6-5-7-9-25)24(3)36(41-32)15-13-28-29-11-10-26-17-27(37)12-14-35(26,4)31(29)18-30(28)23(2)19-36/h6-10,23,25,27-30,32-34,38H,11-22H2,1-5H3;5-9,22,24,26-29,31-33H,10-21,37H2,1-4H3/t23-,25+,27+,28+,29-,30-,32-,33+,34-,36-,37-;22-,24+,26+,27+,28-,29-,31-,32+,33-,35-,36-/m00/s1. The fraction of sp³-hybridized carbons (Fsp3) is 0.753. The Morgan fingerprint density at radius 3 is 1.50 bits per heavy atom. The number of nitrogens with zero attached hydrogens (tertiary/aromatic N) is 2. The molecule has 2 aromatic rings. The van der Waals surface area contributed by atoms with Crippen LogP contribution < -0.4 is 10.5 Å². The van der Waals surface area contributed by atoms with Crippen LogP contribution in [0.3, 0.4) is 0 Å². The summed E-state index contributed by atoms with van der Waals surface area (Å²) in [7, 11) is -3.18.